The van der Waals surface area contributed by atoms with E-state index in [4.69, 9.17) is 17.3 Å². The Balaban J connectivity index is 1.80. The Morgan fingerprint density at radius 1 is 1.07 bits per heavy atom. The third kappa shape index (κ3) is 3.55. The molecule has 2 aromatic carbocycles. The zero-order valence-corrected chi connectivity index (χ0v) is 15.9. The highest BCUT2D eigenvalue weighted by molar-refractivity contribution is 6.35. The number of nitrogen functional groups attached to an aromatic ring is 1. The van der Waals surface area contributed by atoms with Gasteiger partial charge in [0, 0.05) is 23.8 Å². The molecule has 0 saturated carbocycles. The molecule has 29 heavy (non-hydrogen) atoms. The topological polar surface area (TPSA) is 103 Å². The lowest BCUT2D eigenvalue weighted by Gasteiger charge is -2.16. The zero-order valence-electron chi connectivity index (χ0n) is 15.2. The number of nitrogens with zero attached hydrogens (tertiary/aromatic N) is 3. The van der Waals surface area contributed by atoms with Gasteiger partial charge in [-0.25, -0.2) is 9.97 Å². The number of nitrogens with one attached hydrogen (secondary N) is 1. The Labute approximate surface area is 170 Å². The van der Waals surface area contributed by atoms with Gasteiger partial charge in [0.05, 0.1) is 17.0 Å². The van der Waals surface area contributed by atoms with Crippen LogP contribution < -0.4 is 16.6 Å². The molecule has 7 nitrogen and oxygen atoms in total. The quantitative estimate of drug-likeness (QED) is 0.543. The van der Waals surface area contributed by atoms with E-state index < -0.39 is 5.91 Å². The number of carbonyl (C=O) groups is 1. The van der Waals surface area contributed by atoms with Crippen molar-refractivity contribution in [2.75, 3.05) is 5.73 Å². The lowest BCUT2D eigenvalue weighted by molar-refractivity contribution is 0.0946. The third-order valence-electron chi connectivity index (χ3n) is 4.46. The van der Waals surface area contributed by atoms with Crippen LogP contribution in [0.2, 0.25) is 5.02 Å². The van der Waals surface area contributed by atoms with Crippen molar-refractivity contribution < 1.29 is 4.79 Å². The molecule has 0 unspecified atom stereocenters. The number of rotatable bonds is 4. The van der Waals surface area contributed by atoms with E-state index in [9.17, 15) is 9.59 Å². The number of fused-ring (bicyclic) bond motifs is 1. The van der Waals surface area contributed by atoms with E-state index in [1.54, 1.807) is 12.1 Å². The number of benzene rings is 2. The van der Waals surface area contributed by atoms with Gasteiger partial charge in [-0.1, -0.05) is 41.9 Å². The second kappa shape index (κ2) is 7.73. The number of aromatic nitrogens is 3. The third-order valence-corrected chi connectivity index (χ3v) is 4.77. The number of nitrogens with two attached hydrogens (primary N) is 1. The molecule has 2 heterocycles. The number of carbonyl (C=O) groups excluding carboxylic acids is 1. The maximum Gasteiger partial charge on any atom is 0.274 e. The fraction of sp³-hybridized carbons (Fsp3) is 0.0476. The molecular weight excluding hydrogens is 390 g/mol. The Bertz CT molecular complexity index is 1270. The summed E-state index contributed by atoms with van der Waals surface area (Å²) in [4.78, 5) is 33.6. The lowest BCUT2D eigenvalue weighted by Crippen LogP contribution is -2.30. The first-order valence-electron chi connectivity index (χ1n) is 8.79. The van der Waals surface area contributed by atoms with E-state index in [1.165, 1.54) is 17.0 Å². The fourth-order valence-electron chi connectivity index (χ4n) is 3.14. The van der Waals surface area contributed by atoms with Crippen LogP contribution >= 0.6 is 11.6 Å². The number of anilines is 1. The Morgan fingerprint density at radius 3 is 2.59 bits per heavy atom. The highest BCUT2D eigenvalue weighted by Gasteiger charge is 2.16. The summed E-state index contributed by atoms with van der Waals surface area (Å²) in [5, 5.41) is 4.25. The molecule has 0 radical (unpaired) electrons. The van der Waals surface area contributed by atoms with Crippen LogP contribution in [0.25, 0.3) is 16.5 Å². The van der Waals surface area contributed by atoms with Crippen LogP contribution in [0.3, 0.4) is 0 Å². The van der Waals surface area contributed by atoms with Crippen molar-refractivity contribution in [1.29, 1.82) is 0 Å². The Kier molecular flexibility index (Phi) is 4.97. The summed E-state index contributed by atoms with van der Waals surface area (Å²) < 4.78 is 1.54. The predicted molar refractivity (Wildman–Crippen MR) is 112 cm³/mol. The second-order valence-corrected chi connectivity index (χ2v) is 6.70. The largest absolute Gasteiger partial charge is 0.382 e. The van der Waals surface area contributed by atoms with E-state index in [0.717, 1.165) is 0 Å². The smallest absolute Gasteiger partial charge is 0.274 e. The minimum atomic E-state index is -0.478. The van der Waals surface area contributed by atoms with E-state index in [0.29, 0.717) is 27.2 Å². The molecular formula is C21H16ClN5O2. The van der Waals surface area contributed by atoms with E-state index >= 15 is 0 Å². The Morgan fingerprint density at radius 2 is 1.83 bits per heavy atom. The average Bonchev–Trinajstić information content (AvgIpc) is 2.73. The molecule has 0 aliphatic heterocycles. The van der Waals surface area contributed by atoms with Crippen LogP contribution in [-0.4, -0.2) is 20.4 Å². The monoisotopic (exact) mass is 405 g/mol. The molecule has 0 fully saturated rings. The molecule has 1 amide bonds. The van der Waals surface area contributed by atoms with Crippen LogP contribution in [0.5, 0.6) is 0 Å². The molecule has 0 spiro atoms. The number of pyridine rings is 1. The molecule has 0 aliphatic rings. The first-order valence-corrected chi connectivity index (χ1v) is 9.17. The van der Waals surface area contributed by atoms with E-state index in [2.05, 4.69) is 15.3 Å². The van der Waals surface area contributed by atoms with Crippen molar-refractivity contribution in [3.05, 3.63) is 93.8 Å². The van der Waals surface area contributed by atoms with Crippen molar-refractivity contribution in [2.45, 2.75) is 6.54 Å². The van der Waals surface area contributed by atoms with Crippen LogP contribution in [0.4, 0.5) is 5.82 Å². The van der Waals surface area contributed by atoms with Gasteiger partial charge in [0.15, 0.2) is 11.5 Å². The summed E-state index contributed by atoms with van der Waals surface area (Å²) in [5.41, 5.74) is 6.75. The highest BCUT2D eigenvalue weighted by atomic mass is 35.5. The Hall–Kier alpha value is -3.71. The normalized spacial score (nSPS) is 10.8. The minimum Gasteiger partial charge on any atom is -0.382 e. The summed E-state index contributed by atoms with van der Waals surface area (Å²) in [5.74, 6) is -0.440. The van der Waals surface area contributed by atoms with Gasteiger partial charge in [-0.05, 0) is 29.7 Å². The van der Waals surface area contributed by atoms with Gasteiger partial charge in [-0.15, -0.1) is 0 Å². The van der Waals surface area contributed by atoms with Crippen molar-refractivity contribution in [2.24, 2.45) is 0 Å². The first kappa shape index (κ1) is 18.6. The molecule has 8 heteroatoms. The summed E-state index contributed by atoms with van der Waals surface area (Å²) in [6.07, 6.45) is 2.80. The van der Waals surface area contributed by atoms with Gasteiger partial charge < -0.3 is 11.1 Å². The van der Waals surface area contributed by atoms with Gasteiger partial charge in [0.25, 0.3) is 11.5 Å². The van der Waals surface area contributed by atoms with Crippen molar-refractivity contribution in [1.82, 2.24) is 19.9 Å². The lowest BCUT2D eigenvalue weighted by atomic mass is 10.1. The highest BCUT2D eigenvalue weighted by Crippen LogP contribution is 2.22. The number of halogens is 1. The molecule has 4 rings (SSSR count). The summed E-state index contributed by atoms with van der Waals surface area (Å²) in [7, 11) is 0. The van der Waals surface area contributed by atoms with Crippen LogP contribution in [0.1, 0.15) is 16.2 Å². The van der Waals surface area contributed by atoms with Crippen LogP contribution in [0, 0.1) is 0 Å². The van der Waals surface area contributed by atoms with Crippen LogP contribution in [-0.2, 0) is 6.54 Å². The standard InChI is InChI=1S/C21H16ClN5O2/c22-16-8-4-5-13-11-15(12-26-20(28)18-19(23)25-10-9-24-18)27(21(29)17(13)16)14-6-2-1-3-7-14/h1-11H,12H2,(H2,23,25)(H,26,28). The number of hydrogen-bond acceptors (Lipinski definition) is 5. The second-order valence-electron chi connectivity index (χ2n) is 6.29. The number of hydrogen-bond donors (Lipinski definition) is 2. The van der Waals surface area contributed by atoms with E-state index in [-0.39, 0.29) is 23.6 Å². The number of para-hydroxylation sites is 1. The molecule has 0 bridgehead atoms. The maximum absolute atomic E-state index is 13.3. The van der Waals surface area contributed by atoms with E-state index in [1.807, 2.05) is 42.5 Å². The van der Waals surface area contributed by atoms with Gasteiger partial charge in [0.2, 0.25) is 0 Å². The van der Waals surface area contributed by atoms with Crippen molar-refractivity contribution in [3.8, 4) is 5.69 Å². The van der Waals surface area contributed by atoms with Crippen molar-refractivity contribution in [3.63, 3.8) is 0 Å². The van der Waals surface area contributed by atoms with Gasteiger partial charge >= 0.3 is 0 Å². The molecule has 2 aromatic heterocycles. The molecule has 144 valence electrons. The summed E-state index contributed by atoms with van der Waals surface area (Å²) in [6.45, 7) is 0.0848. The van der Waals surface area contributed by atoms with Gasteiger partial charge in [-0.2, -0.15) is 0 Å². The molecule has 0 saturated heterocycles. The summed E-state index contributed by atoms with van der Waals surface area (Å²) >= 11 is 6.29. The fourth-order valence-corrected chi connectivity index (χ4v) is 3.40. The molecule has 0 aliphatic carbocycles. The molecule has 0 atom stereocenters. The van der Waals surface area contributed by atoms with Gasteiger partial charge in [0.1, 0.15) is 0 Å². The number of amides is 1. The van der Waals surface area contributed by atoms with Crippen molar-refractivity contribution >= 4 is 34.1 Å². The maximum atomic E-state index is 13.3. The first-order chi connectivity index (χ1) is 14.1. The van der Waals surface area contributed by atoms with Gasteiger partial charge in [-0.3, -0.25) is 14.2 Å². The predicted octanol–water partition coefficient (Wildman–Crippen LogP) is 2.95. The minimum absolute atomic E-state index is 0.0324. The summed E-state index contributed by atoms with van der Waals surface area (Å²) in [6, 6.07) is 16.3. The average molecular weight is 406 g/mol. The molecule has 4 aromatic rings. The van der Waals surface area contributed by atoms with Crippen LogP contribution in [0.15, 0.2) is 71.8 Å². The SMILES string of the molecule is Nc1nccnc1C(=O)NCc1cc2cccc(Cl)c2c(=O)n1-c1ccccc1. The molecule has 3 N–H and O–H groups in total. The zero-order chi connectivity index (χ0) is 20.4.